The van der Waals surface area contributed by atoms with Crippen LogP contribution in [0, 0.1) is 28.1 Å². The molecular weight excluding hydrogens is 442 g/mol. The Morgan fingerprint density at radius 3 is 2.51 bits per heavy atom. The fraction of sp³-hybridized carbons (Fsp3) is 0.724. The summed E-state index contributed by atoms with van der Waals surface area (Å²) in [6.07, 6.45) is 8.75. The number of esters is 1. The zero-order valence-corrected chi connectivity index (χ0v) is 21.2. The van der Waals surface area contributed by atoms with Crippen molar-refractivity contribution in [2.45, 2.75) is 95.5 Å². The number of benzene rings is 1. The average molecular weight is 482 g/mol. The Kier molecular flexibility index (Phi) is 5.22. The highest BCUT2D eigenvalue weighted by Crippen LogP contribution is 2.73. The van der Waals surface area contributed by atoms with Crippen molar-refractivity contribution in [3.63, 3.8) is 0 Å². The van der Waals surface area contributed by atoms with E-state index in [0.29, 0.717) is 5.92 Å². The van der Waals surface area contributed by atoms with Crippen molar-refractivity contribution < 1.29 is 24.2 Å². The van der Waals surface area contributed by atoms with Crippen molar-refractivity contribution in [3.05, 3.63) is 35.9 Å². The van der Waals surface area contributed by atoms with Crippen LogP contribution in [0.5, 0.6) is 0 Å². The standard InChI is InChI=1S/C29H39NO5/c1-26-12-7-13-27(2,25(32)30-22(23(31)34-3)18-8-5-4-6-9-18)20(26)10-14-28-16-19-17-29(33,24(28)35-19)15-11-21(26)28/h4-6,8-9,19-22,24,33H,7,10-17H2,1-3H3,(H,30,32)/t19-,20-,21-,22+,24+,26+,27+,28+,29-/m0/s1. The molecule has 1 spiro atoms. The molecule has 1 amide bonds. The predicted octanol–water partition coefficient (Wildman–Crippen LogP) is 4.31. The van der Waals surface area contributed by atoms with Crippen molar-refractivity contribution in [1.82, 2.24) is 5.32 Å². The van der Waals surface area contributed by atoms with Gasteiger partial charge in [-0.05, 0) is 67.8 Å². The van der Waals surface area contributed by atoms with E-state index in [1.54, 1.807) is 0 Å². The second-order valence-corrected chi connectivity index (χ2v) is 12.7. The van der Waals surface area contributed by atoms with Crippen molar-refractivity contribution in [2.24, 2.45) is 28.1 Å². The molecule has 190 valence electrons. The summed E-state index contributed by atoms with van der Waals surface area (Å²) in [7, 11) is 1.37. The van der Waals surface area contributed by atoms with E-state index in [0.717, 1.165) is 63.4 Å². The van der Waals surface area contributed by atoms with Gasteiger partial charge in [-0.25, -0.2) is 4.79 Å². The highest BCUT2D eigenvalue weighted by molar-refractivity contribution is 5.89. The molecule has 1 aromatic carbocycles. The van der Waals surface area contributed by atoms with Crippen LogP contribution in [0.2, 0.25) is 0 Å². The number of aliphatic hydroxyl groups is 1. The molecule has 35 heavy (non-hydrogen) atoms. The maximum absolute atomic E-state index is 14.0. The Bertz CT molecular complexity index is 1030. The topological polar surface area (TPSA) is 84.9 Å². The second kappa shape index (κ2) is 7.79. The Morgan fingerprint density at radius 2 is 1.80 bits per heavy atom. The third-order valence-corrected chi connectivity index (χ3v) is 11.1. The van der Waals surface area contributed by atoms with E-state index in [4.69, 9.17) is 9.47 Å². The molecule has 0 aromatic heterocycles. The van der Waals surface area contributed by atoms with Crippen LogP contribution in [0.4, 0.5) is 0 Å². The number of hydrogen-bond donors (Lipinski definition) is 2. The summed E-state index contributed by atoms with van der Waals surface area (Å²) < 4.78 is 11.5. The molecule has 1 aromatic rings. The highest BCUT2D eigenvalue weighted by atomic mass is 16.5. The van der Waals surface area contributed by atoms with Gasteiger partial charge in [0.15, 0.2) is 6.04 Å². The van der Waals surface area contributed by atoms with Crippen molar-refractivity contribution in [2.75, 3.05) is 7.11 Å². The Hall–Kier alpha value is -1.92. The molecule has 0 unspecified atom stereocenters. The molecule has 6 rings (SSSR count). The number of rotatable bonds is 4. The van der Waals surface area contributed by atoms with Gasteiger partial charge in [0.25, 0.3) is 0 Å². The van der Waals surface area contributed by atoms with Crippen LogP contribution in [0.15, 0.2) is 30.3 Å². The van der Waals surface area contributed by atoms with Crippen molar-refractivity contribution in [3.8, 4) is 0 Å². The number of carbonyl (C=O) groups is 2. The molecule has 2 heterocycles. The molecule has 0 radical (unpaired) electrons. The molecule has 5 fully saturated rings. The summed E-state index contributed by atoms with van der Waals surface area (Å²) in [5.41, 5.74) is -0.397. The predicted molar refractivity (Wildman–Crippen MR) is 130 cm³/mol. The maximum Gasteiger partial charge on any atom is 0.333 e. The van der Waals surface area contributed by atoms with E-state index in [9.17, 15) is 14.7 Å². The average Bonchev–Trinajstić information content (AvgIpc) is 3.37. The Labute approximate surface area is 208 Å². The van der Waals surface area contributed by atoms with E-state index in [1.165, 1.54) is 7.11 Å². The van der Waals surface area contributed by atoms with E-state index >= 15 is 0 Å². The molecule has 3 aliphatic carbocycles. The number of amides is 1. The van der Waals surface area contributed by atoms with Crippen molar-refractivity contribution >= 4 is 11.9 Å². The fourth-order valence-electron chi connectivity index (χ4n) is 9.82. The Morgan fingerprint density at radius 1 is 1.06 bits per heavy atom. The van der Waals surface area contributed by atoms with Gasteiger partial charge >= 0.3 is 5.97 Å². The van der Waals surface area contributed by atoms with Gasteiger partial charge in [-0.15, -0.1) is 0 Å². The minimum absolute atomic E-state index is 0.0191. The monoisotopic (exact) mass is 481 g/mol. The first kappa shape index (κ1) is 23.5. The molecule has 5 aliphatic rings. The summed E-state index contributed by atoms with van der Waals surface area (Å²) in [4.78, 5) is 26.7. The van der Waals surface area contributed by atoms with Crippen LogP contribution in [-0.2, 0) is 19.1 Å². The lowest BCUT2D eigenvalue weighted by Gasteiger charge is -2.67. The summed E-state index contributed by atoms with van der Waals surface area (Å²) in [6, 6.07) is 8.56. The normalized spacial score (nSPS) is 46.3. The van der Waals surface area contributed by atoms with Gasteiger partial charge in [0.1, 0.15) is 0 Å². The molecule has 2 saturated heterocycles. The van der Waals surface area contributed by atoms with Gasteiger partial charge in [-0.1, -0.05) is 50.6 Å². The summed E-state index contributed by atoms with van der Waals surface area (Å²) in [5.74, 6) is 0.209. The van der Waals surface area contributed by atoms with Gasteiger partial charge in [0.2, 0.25) is 5.91 Å². The first-order valence-electron chi connectivity index (χ1n) is 13.5. The molecule has 3 saturated carbocycles. The van der Waals surface area contributed by atoms with Gasteiger partial charge in [-0.2, -0.15) is 0 Å². The molecular formula is C29H39NO5. The highest BCUT2D eigenvalue weighted by Gasteiger charge is 2.73. The molecule has 2 bridgehead atoms. The van der Waals surface area contributed by atoms with Crippen LogP contribution in [0.1, 0.15) is 83.2 Å². The van der Waals surface area contributed by atoms with E-state index < -0.39 is 23.0 Å². The number of carbonyl (C=O) groups excluding carboxylic acids is 2. The van der Waals surface area contributed by atoms with Crippen LogP contribution < -0.4 is 5.32 Å². The number of nitrogens with one attached hydrogen (secondary N) is 1. The minimum atomic E-state index is -0.808. The zero-order chi connectivity index (χ0) is 24.6. The van der Waals surface area contributed by atoms with Gasteiger partial charge in [-0.3, -0.25) is 4.79 Å². The lowest BCUT2D eigenvalue weighted by molar-refractivity contribution is -0.217. The van der Waals surface area contributed by atoms with E-state index in [2.05, 4.69) is 19.2 Å². The minimum Gasteiger partial charge on any atom is -0.467 e. The quantitative estimate of drug-likeness (QED) is 0.626. The number of ether oxygens (including phenoxy) is 2. The maximum atomic E-state index is 14.0. The summed E-state index contributed by atoms with van der Waals surface area (Å²) >= 11 is 0. The molecule has 6 heteroatoms. The SMILES string of the molecule is COC(=O)[C@H](NC(=O)[C@]1(C)CCC[C@@]2(C)[C@@H]3CC[C@]4(O)C[C@@H]5C[C@@]3(CC[C@@H]21)[C@H]4O5)c1ccccc1. The van der Waals surface area contributed by atoms with E-state index in [-0.39, 0.29) is 34.9 Å². The summed E-state index contributed by atoms with van der Waals surface area (Å²) in [5, 5.41) is 14.5. The van der Waals surface area contributed by atoms with Gasteiger partial charge in [0.05, 0.1) is 24.9 Å². The zero-order valence-electron chi connectivity index (χ0n) is 21.2. The second-order valence-electron chi connectivity index (χ2n) is 12.7. The number of hydrogen-bond acceptors (Lipinski definition) is 5. The Balaban J connectivity index is 1.30. The lowest BCUT2D eigenvalue weighted by atomic mass is 9.37. The third-order valence-electron chi connectivity index (χ3n) is 11.1. The van der Waals surface area contributed by atoms with Gasteiger partial charge < -0.3 is 19.9 Å². The van der Waals surface area contributed by atoms with Crippen LogP contribution in [0.3, 0.4) is 0 Å². The van der Waals surface area contributed by atoms with Crippen LogP contribution in [-0.4, -0.2) is 41.9 Å². The van der Waals surface area contributed by atoms with E-state index in [1.807, 2.05) is 30.3 Å². The molecule has 9 atom stereocenters. The summed E-state index contributed by atoms with van der Waals surface area (Å²) in [6.45, 7) is 4.54. The fourth-order valence-corrected chi connectivity index (χ4v) is 9.82. The smallest absolute Gasteiger partial charge is 0.333 e. The third kappa shape index (κ3) is 3.14. The first-order valence-corrected chi connectivity index (χ1v) is 13.5. The number of fused-ring (bicyclic) bond motifs is 3. The molecule has 6 nitrogen and oxygen atoms in total. The molecule has 2 N–H and O–H groups in total. The lowest BCUT2D eigenvalue weighted by Crippen LogP contribution is -2.67. The van der Waals surface area contributed by atoms with Crippen LogP contribution in [0.25, 0.3) is 0 Å². The van der Waals surface area contributed by atoms with Crippen LogP contribution >= 0.6 is 0 Å². The first-order chi connectivity index (χ1) is 16.7. The number of methoxy groups -OCH3 is 1. The van der Waals surface area contributed by atoms with Gasteiger partial charge in [0, 0.05) is 17.3 Å². The largest absolute Gasteiger partial charge is 0.467 e. The van der Waals surface area contributed by atoms with Crippen molar-refractivity contribution in [1.29, 1.82) is 0 Å². The molecule has 2 aliphatic heterocycles.